The van der Waals surface area contributed by atoms with Crippen molar-refractivity contribution in [2.45, 2.75) is 39.0 Å². The van der Waals surface area contributed by atoms with Crippen LogP contribution in [0.2, 0.25) is 0 Å². The van der Waals surface area contributed by atoms with Crippen molar-refractivity contribution in [3.05, 3.63) is 41.7 Å². The minimum atomic E-state index is 1.01. The van der Waals surface area contributed by atoms with Crippen LogP contribution in [0.5, 0.6) is 0 Å². The topological polar surface area (TPSA) is 9.23 Å². The van der Waals surface area contributed by atoms with Gasteiger partial charge in [0.1, 0.15) is 0 Å². The number of hydrogen-bond donors (Lipinski definition) is 0. The van der Waals surface area contributed by atoms with E-state index in [0.717, 1.165) is 17.5 Å². The lowest BCUT2D eigenvalue weighted by Gasteiger charge is -1.94. The van der Waals surface area contributed by atoms with E-state index in [0.29, 0.717) is 0 Å². The maximum atomic E-state index is 4.88. The quantitative estimate of drug-likeness (QED) is 0.401. The molecule has 0 aliphatic carbocycles. The molecule has 0 atom stereocenters. The van der Waals surface area contributed by atoms with Crippen LogP contribution in [0.3, 0.4) is 0 Å². The van der Waals surface area contributed by atoms with Crippen LogP contribution in [0.4, 0.5) is 0 Å². The normalized spacial score (nSPS) is 10.1. The molecule has 0 radical (unpaired) electrons. The molecule has 0 fully saturated rings. The molecule has 96 valence electrons. The molecule has 0 aliphatic heterocycles. The summed E-state index contributed by atoms with van der Waals surface area (Å²) in [5.41, 5.74) is 2.21. The average Bonchev–Trinajstić information content (AvgIpc) is 2.42. The number of unbranched alkanes of at least 4 members (excludes halogenated alkanes) is 4. The summed E-state index contributed by atoms with van der Waals surface area (Å²) in [6.07, 6.45) is 9.73. The van der Waals surface area contributed by atoms with E-state index in [9.17, 15) is 0 Å². The van der Waals surface area contributed by atoms with Crippen LogP contribution in [-0.2, 0) is 4.74 Å². The second kappa shape index (κ2) is 9.36. The summed E-state index contributed by atoms with van der Waals surface area (Å²) < 4.78 is 4.88. The zero-order chi connectivity index (χ0) is 13.1. The molecule has 0 saturated heterocycles. The molecule has 0 aromatic heterocycles. The maximum absolute atomic E-state index is 4.88. The van der Waals surface area contributed by atoms with Gasteiger partial charge in [-0.05, 0) is 30.2 Å². The third-order valence-electron chi connectivity index (χ3n) is 2.70. The summed E-state index contributed by atoms with van der Waals surface area (Å²) in [6.45, 7) is 2.23. The van der Waals surface area contributed by atoms with Crippen molar-refractivity contribution in [1.29, 1.82) is 0 Å². The van der Waals surface area contributed by atoms with Crippen LogP contribution in [0, 0.1) is 11.8 Å². The van der Waals surface area contributed by atoms with Gasteiger partial charge in [0.2, 0.25) is 0 Å². The fraction of sp³-hybridized carbons (Fsp3) is 0.412. The third kappa shape index (κ3) is 6.15. The first kappa shape index (κ1) is 14.4. The molecule has 0 N–H and O–H groups in total. The van der Waals surface area contributed by atoms with Crippen molar-refractivity contribution in [3.8, 4) is 11.8 Å². The highest BCUT2D eigenvalue weighted by Gasteiger charge is 1.88. The van der Waals surface area contributed by atoms with Gasteiger partial charge in [-0.3, -0.25) is 0 Å². The summed E-state index contributed by atoms with van der Waals surface area (Å²) in [7, 11) is 1.65. The average molecular weight is 242 g/mol. The number of rotatable bonds is 6. The molecule has 1 rings (SSSR count). The summed E-state index contributed by atoms with van der Waals surface area (Å²) in [5, 5.41) is 0. The van der Waals surface area contributed by atoms with Gasteiger partial charge in [0.15, 0.2) is 0 Å². The Hall–Kier alpha value is -1.68. The van der Waals surface area contributed by atoms with Crippen molar-refractivity contribution in [3.63, 3.8) is 0 Å². The highest BCUT2D eigenvalue weighted by Crippen LogP contribution is 2.06. The number of methoxy groups -OCH3 is 1. The molecule has 0 heterocycles. The van der Waals surface area contributed by atoms with Crippen molar-refractivity contribution >= 4 is 6.08 Å². The van der Waals surface area contributed by atoms with Gasteiger partial charge < -0.3 is 4.74 Å². The SMILES string of the molecule is CCCCCCC#Cc1ccc(/C=C/OC)cc1. The van der Waals surface area contributed by atoms with Crippen molar-refractivity contribution < 1.29 is 4.74 Å². The molecule has 0 amide bonds. The minimum absolute atomic E-state index is 1.01. The van der Waals surface area contributed by atoms with Crippen molar-refractivity contribution in [2.24, 2.45) is 0 Å². The van der Waals surface area contributed by atoms with Gasteiger partial charge in [-0.1, -0.05) is 50.2 Å². The Morgan fingerprint density at radius 1 is 1.11 bits per heavy atom. The van der Waals surface area contributed by atoms with Gasteiger partial charge in [0.05, 0.1) is 13.4 Å². The first-order chi connectivity index (χ1) is 8.86. The smallest absolute Gasteiger partial charge is 0.0830 e. The van der Waals surface area contributed by atoms with Gasteiger partial charge in [-0.15, -0.1) is 0 Å². The molecule has 1 aromatic rings. The second-order valence-electron chi connectivity index (χ2n) is 4.27. The summed E-state index contributed by atoms with van der Waals surface area (Å²) in [4.78, 5) is 0. The van der Waals surface area contributed by atoms with Crippen LogP contribution in [0.1, 0.15) is 50.2 Å². The molecule has 18 heavy (non-hydrogen) atoms. The van der Waals surface area contributed by atoms with Crippen LogP contribution < -0.4 is 0 Å². The fourth-order valence-corrected chi connectivity index (χ4v) is 1.63. The minimum Gasteiger partial charge on any atom is -0.504 e. The number of ether oxygens (including phenoxy) is 1. The summed E-state index contributed by atoms with van der Waals surface area (Å²) >= 11 is 0. The van der Waals surface area contributed by atoms with E-state index in [4.69, 9.17) is 4.74 Å². The lowest BCUT2D eigenvalue weighted by molar-refractivity contribution is 0.341. The summed E-state index contributed by atoms with van der Waals surface area (Å²) in [6, 6.07) is 8.20. The van der Waals surface area contributed by atoms with E-state index in [1.807, 2.05) is 18.2 Å². The Morgan fingerprint density at radius 2 is 1.89 bits per heavy atom. The first-order valence-corrected chi connectivity index (χ1v) is 6.65. The van der Waals surface area contributed by atoms with E-state index in [1.54, 1.807) is 13.4 Å². The van der Waals surface area contributed by atoms with Crippen LogP contribution >= 0.6 is 0 Å². The predicted octanol–water partition coefficient (Wildman–Crippen LogP) is 4.63. The lowest BCUT2D eigenvalue weighted by Crippen LogP contribution is -1.77. The van der Waals surface area contributed by atoms with E-state index in [-0.39, 0.29) is 0 Å². The maximum Gasteiger partial charge on any atom is 0.0830 e. The molecular weight excluding hydrogens is 220 g/mol. The number of benzene rings is 1. The Labute approximate surface area is 111 Å². The predicted molar refractivity (Wildman–Crippen MR) is 78.1 cm³/mol. The van der Waals surface area contributed by atoms with Gasteiger partial charge in [-0.25, -0.2) is 0 Å². The highest BCUT2D eigenvalue weighted by molar-refractivity contribution is 5.50. The molecule has 0 unspecified atom stereocenters. The molecule has 0 aliphatic rings. The monoisotopic (exact) mass is 242 g/mol. The molecule has 0 spiro atoms. The molecule has 1 aromatic carbocycles. The summed E-state index contributed by atoms with van der Waals surface area (Å²) in [5.74, 6) is 6.43. The third-order valence-corrected chi connectivity index (χ3v) is 2.70. The van der Waals surface area contributed by atoms with Crippen molar-refractivity contribution in [1.82, 2.24) is 0 Å². The molecular formula is C17H22O. The molecule has 1 heteroatoms. The van der Waals surface area contributed by atoms with E-state index in [2.05, 4.69) is 30.9 Å². The first-order valence-electron chi connectivity index (χ1n) is 6.65. The van der Waals surface area contributed by atoms with Gasteiger partial charge >= 0.3 is 0 Å². The van der Waals surface area contributed by atoms with Crippen LogP contribution in [0.15, 0.2) is 30.5 Å². The second-order valence-corrected chi connectivity index (χ2v) is 4.27. The zero-order valence-electron chi connectivity index (χ0n) is 11.4. The van der Waals surface area contributed by atoms with E-state index >= 15 is 0 Å². The van der Waals surface area contributed by atoms with Gasteiger partial charge in [0.25, 0.3) is 0 Å². The Bertz CT molecular complexity index is 403. The lowest BCUT2D eigenvalue weighted by atomic mass is 10.1. The van der Waals surface area contributed by atoms with Gasteiger partial charge in [0, 0.05) is 12.0 Å². The van der Waals surface area contributed by atoms with Crippen LogP contribution in [0.25, 0.3) is 6.08 Å². The standard InChI is InChI=1S/C17H22O/c1-3-4-5-6-7-8-9-16-10-12-17(13-11-16)14-15-18-2/h10-15H,3-7H2,1-2H3/b15-14+. The van der Waals surface area contributed by atoms with E-state index < -0.39 is 0 Å². The van der Waals surface area contributed by atoms with Crippen LogP contribution in [-0.4, -0.2) is 7.11 Å². The van der Waals surface area contributed by atoms with Crippen molar-refractivity contribution in [2.75, 3.05) is 7.11 Å². The highest BCUT2D eigenvalue weighted by atomic mass is 16.5. The Balaban J connectivity index is 2.39. The van der Waals surface area contributed by atoms with Gasteiger partial charge in [-0.2, -0.15) is 0 Å². The zero-order valence-corrected chi connectivity index (χ0v) is 11.4. The fourth-order valence-electron chi connectivity index (χ4n) is 1.63. The molecule has 0 saturated carbocycles. The van der Waals surface area contributed by atoms with E-state index in [1.165, 1.54) is 25.7 Å². The molecule has 1 nitrogen and oxygen atoms in total. The number of hydrogen-bond acceptors (Lipinski definition) is 1. The molecule has 0 bridgehead atoms. The Kier molecular flexibility index (Phi) is 7.48. The largest absolute Gasteiger partial charge is 0.504 e. The Morgan fingerprint density at radius 3 is 2.56 bits per heavy atom.